The molecule has 4 aliphatic rings. The molecule has 0 aliphatic carbocycles. The molecule has 4 heterocycles. The Morgan fingerprint density at radius 2 is 0.458 bits per heavy atom. The summed E-state index contributed by atoms with van der Waals surface area (Å²) in [5.74, 6) is -12.3. The maximum atomic E-state index is 15.7. The van der Waals surface area contributed by atoms with Crippen LogP contribution in [0.4, 0.5) is 0 Å². The minimum Gasteiger partial charge on any atom is -0.459 e. The molecule has 4 aliphatic heterocycles. The summed E-state index contributed by atoms with van der Waals surface area (Å²) >= 11 is 0. The van der Waals surface area contributed by atoms with Gasteiger partial charge in [-0.15, -0.1) is 0 Å². The first-order chi connectivity index (χ1) is 63.9. The largest absolute Gasteiger partial charge is 0.459 e. The predicted octanol–water partition coefficient (Wildman–Crippen LogP) is 11.4. The Bertz CT molecular complexity index is 5690. The highest BCUT2D eigenvalue weighted by molar-refractivity contribution is 5.95. The van der Waals surface area contributed by atoms with E-state index in [2.05, 4.69) is 0 Å². The zero-order valence-electron chi connectivity index (χ0n) is 69.3. The summed E-state index contributed by atoms with van der Waals surface area (Å²) in [6, 6.07) is 81.4. The molecule has 670 valence electrons. The maximum absolute atomic E-state index is 15.7. The van der Waals surface area contributed by atoms with E-state index >= 15 is 24.0 Å². The van der Waals surface area contributed by atoms with Crippen LogP contribution in [0.5, 0.6) is 0 Å². The molecule has 11 aromatic rings. The second-order valence-electron chi connectivity index (χ2n) is 30.0. The molecule has 19 atom stereocenters. The van der Waals surface area contributed by atoms with Gasteiger partial charge in [0.25, 0.3) is 0 Å². The van der Waals surface area contributed by atoms with Gasteiger partial charge in [0.2, 0.25) is 0 Å². The number of ether oxygens (including phenoxy) is 18. The molecular weight excluding hydrogens is 1700 g/mol. The van der Waals surface area contributed by atoms with Crippen molar-refractivity contribution in [2.75, 3.05) is 26.4 Å². The minimum atomic E-state index is -2.54. The Kier molecular flexibility index (Phi) is 30.4. The number of hydrogen-bond acceptors (Lipinski definition) is 31. The summed E-state index contributed by atoms with van der Waals surface area (Å²) in [4.78, 5) is 165. The normalized spacial score (nSPS) is 24.4. The molecule has 0 radical (unpaired) electrons. The highest BCUT2D eigenvalue weighted by atomic mass is 16.8. The summed E-state index contributed by atoms with van der Waals surface area (Å²) in [6.07, 6.45) is -42.0. The average Bonchev–Trinajstić information content (AvgIpc) is 0.758. The van der Waals surface area contributed by atoms with Crippen molar-refractivity contribution in [3.05, 3.63) is 395 Å². The molecule has 0 amide bonds. The predicted molar refractivity (Wildman–Crippen MR) is 454 cm³/mol. The monoisotopic (exact) mass is 1780 g/mol. The summed E-state index contributed by atoms with van der Waals surface area (Å²) in [5, 5.41) is 24.6. The van der Waals surface area contributed by atoms with Crippen molar-refractivity contribution in [2.45, 2.75) is 117 Å². The van der Waals surface area contributed by atoms with E-state index in [0.29, 0.717) is 0 Å². The third-order valence-electron chi connectivity index (χ3n) is 21.3. The van der Waals surface area contributed by atoms with Gasteiger partial charge in [0.05, 0.1) is 74.4 Å². The number of aliphatic hydroxyl groups is 2. The molecule has 4 saturated heterocycles. The first-order valence-electron chi connectivity index (χ1n) is 41.5. The van der Waals surface area contributed by atoms with Crippen LogP contribution < -0.4 is 0 Å². The van der Waals surface area contributed by atoms with Crippen LogP contribution in [-0.4, -0.2) is 219 Å². The number of rotatable bonds is 31. The Balaban J connectivity index is 0.938. The highest BCUT2D eigenvalue weighted by Crippen LogP contribution is 2.42. The van der Waals surface area contributed by atoms with Gasteiger partial charge >= 0.3 is 65.7 Å². The van der Waals surface area contributed by atoms with Crippen molar-refractivity contribution in [1.29, 1.82) is 0 Å². The molecule has 11 aromatic carbocycles. The van der Waals surface area contributed by atoms with Crippen LogP contribution in [0.1, 0.15) is 114 Å². The van der Waals surface area contributed by atoms with Crippen LogP contribution in [0, 0.1) is 0 Å². The summed E-state index contributed by atoms with van der Waals surface area (Å²) in [5.41, 5.74) is -1.09. The van der Waals surface area contributed by atoms with Gasteiger partial charge in [-0.25, -0.2) is 52.7 Å². The van der Waals surface area contributed by atoms with E-state index in [0.717, 1.165) is 0 Å². The molecule has 2 N–H and O–H groups in total. The Labute approximate surface area is 748 Å². The van der Waals surface area contributed by atoms with Crippen molar-refractivity contribution in [3.8, 4) is 0 Å². The first kappa shape index (κ1) is 91.0. The molecule has 31 heteroatoms. The van der Waals surface area contributed by atoms with Gasteiger partial charge in [-0.3, -0.25) is 0 Å². The number of carbonyl (C=O) groups excluding carboxylic acids is 11. The van der Waals surface area contributed by atoms with Gasteiger partial charge in [0, 0.05) is 0 Å². The molecule has 131 heavy (non-hydrogen) atoms. The third kappa shape index (κ3) is 22.9. The van der Waals surface area contributed by atoms with E-state index in [1.807, 2.05) is 0 Å². The van der Waals surface area contributed by atoms with Gasteiger partial charge in [-0.1, -0.05) is 200 Å². The zero-order valence-corrected chi connectivity index (χ0v) is 69.3. The van der Waals surface area contributed by atoms with Gasteiger partial charge in [0.1, 0.15) is 43.7 Å². The lowest BCUT2D eigenvalue weighted by Gasteiger charge is -2.51. The fraction of sp³-hybridized carbons (Fsp3) is 0.230. The molecule has 0 unspecified atom stereocenters. The molecule has 4 fully saturated rings. The average molecular weight is 1780 g/mol. The number of aliphatic hydroxyl groups excluding tert-OH is 2. The van der Waals surface area contributed by atoms with E-state index in [9.17, 15) is 39.0 Å². The molecule has 0 bridgehead atoms. The van der Waals surface area contributed by atoms with Crippen molar-refractivity contribution in [1.82, 2.24) is 0 Å². The van der Waals surface area contributed by atoms with Gasteiger partial charge < -0.3 is 95.5 Å². The van der Waals surface area contributed by atoms with Crippen LogP contribution in [0.2, 0.25) is 0 Å². The zero-order chi connectivity index (χ0) is 91.1. The fourth-order valence-electron chi connectivity index (χ4n) is 14.8. The summed E-state index contributed by atoms with van der Waals surface area (Å²) in [7, 11) is 0. The van der Waals surface area contributed by atoms with Crippen molar-refractivity contribution in [3.63, 3.8) is 0 Å². The SMILES string of the molecule is O=C(OC[C@H]1O[C@@H](O[C@H]2[C@@H](OC(=O)c3ccccc3)[C@@H](CO)O[C@@H](O[C@H]3[C@H](OC(=O)c4ccccc4)[C@H](OC(=O)c4ccccc4)[C@@H](O)O[C@@H]3COC(=O)c3ccccc3)[C@@H]2OC(=O)c2ccccc2)[C@H](O[C@@H]2OC[C@@H](OC(=O)c3ccccc3)[C@@H](OC(=O)c3ccccc3)[C@@H]2OC(=O)c2ccccc2)[C@@H](OC(=O)c2ccccc2)[C@H]1OC(=O)c1ccccc1)c1ccccc1. The second kappa shape index (κ2) is 43.8. The second-order valence-corrected chi connectivity index (χ2v) is 30.0. The standard InChI is InChI=1S/C100H84O31/c101-56-71-75(121-89(105)63-40-18-4-19-41-63)81(84(128-96(112)70-54-32-11-33-55-70)99(119-71)129-77-72(57-114-86(102)60-34-12-1-13-35-60)118-97(113)82(126-94(110)68-50-28-9-29-51-68)79(77)124-92(108)66-46-24-7-25-47-66)130-100-85(80(125-93(109)67-48-26-8-27-49-67)76(122-90(106)64-42-20-5-21-43-64)74(120-100)58-115-87(103)61-36-14-2-15-37-61)131-98-83(127-95(111)69-52-30-10-31-53-69)78(123-91(107)65-44-22-6-23-45-65)73(59-116-98)117-88(104)62-38-16-3-17-39-62/h1-55,71-85,97-101,113H,56-59H2/t71-,72-,73-,74-,75+,76+,77-,78-,79+,80+,81+,82+,83+,84-,85-,97+,98+,99+,100+/m1/s1. The van der Waals surface area contributed by atoms with E-state index in [1.165, 1.54) is 243 Å². The summed E-state index contributed by atoms with van der Waals surface area (Å²) in [6.45, 7) is -4.01. The Morgan fingerprint density at radius 3 is 0.786 bits per heavy atom. The smallest absolute Gasteiger partial charge is 0.338 e. The number of hydrogen-bond donors (Lipinski definition) is 2. The fourth-order valence-corrected chi connectivity index (χ4v) is 14.8. The lowest BCUT2D eigenvalue weighted by atomic mass is 9.94. The lowest BCUT2D eigenvalue weighted by molar-refractivity contribution is -0.389. The highest BCUT2D eigenvalue weighted by Gasteiger charge is 2.62. The van der Waals surface area contributed by atoms with Gasteiger partial charge in [0.15, 0.2) is 86.2 Å². The number of carbonyl (C=O) groups is 11. The van der Waals surface area contributed by atoms with Crippen LogP contribution in [0.15, 0.2) is 334 Å². The van der Waals surface area contributed by atoms with Crippen LogP contribution in [0.3, 0.4) is 0 Å². The third-order valence-corrected chi connectivity index (χ3v) is 21.3. The number of esters is 11. The minimum absolute atomic E-state index is 0.000996. The number of benzene rings is 11. The maximum Gasteiger partial charge on any atom is 0.338 e. The lowest BCUT2D eigenvalue weighted by Crippen LogP contribution is -2.69. The van der Waals surface area contributed by atoms with Crippen molar-refractivity contribution < 1.29 is 148 Å². The van der Waals surface area contributed by atoms with Crippen molar-refractivity contribution >= 4 is 65.7 Å². The quantitative estimate of drug-likeness (QED) is 0.0301. The van der Waals surface area contributed by atoms with Gasteiger partial charge in [-0.2, -0.15) is 0 Å². The van der Waals surface area contributed by atoms with E-state index < -0.39 is 209 Å². The first-order valence-corrected chi connectivity index (χ1v) is 41.5. The van der Waals surface area contributed by atoms with E-state index in [-0.39, 0.29) is 61.2 Å². The van der Waals surface area contributed by atoms with E-state index in [4.69, 9.17) is 85.3 Å². The molecule has 15 rings (SSSR count). The van der Waals surface area contributed by atoms with E-state index in [1.54, 1.807) is 91.0 Å². The van der Waals surface area contributed by atoms with Gasteiger partial charge in [-0.05, 0) is 133 Å². The molecular formula is C100H84O31. The van der Waals surface area contributed by atoms with Crippen LogP contribution in [0.25, 0.3) is 0 Å². The Hall–Kier alpha value is -14.8. The topological polar surface area (TPSA) is 394 Å². The molecule has 0 aromatic heterocycles. The van der Waals surface area contributed by atoms with Crippen molar-refractivity contribution in [2.24, 2.45) is 0 Å². The van der Waals surface area contributed by atoms with Crippen LogP contribution >= 0.6 is 0 Å². The Morgan fingerprint density at radius 1 is 0.229 bits per heavy atom. The summed E-state index contributed by atoms with van der Waals surface area (Å²) < 4.78 is 119. The van der Waals surface area contributed by atoms with Crippen LogP contribution in [-0.2, 0) is 85.3 Å². The molecule has 0 spiro atoms. The molecule has 0 saturated carbocycles. The molecule has 31 nitrogen and oxygen atoms in total.